The molecule has 0 fully saturated rings. The summed E-state index contributed by atoms with van der Waals surface area (Å²) < 4.78 is 17.2. The van der Waals surface area contributed by atoms with Gasteiger partial charge in [0.2, 0.25) is 5.75 Å². The molecule has 0 bridgehead atoms. The smallest absolute Gasteiger partial charge is 0.354 e. The molecule has 0 aliphatic rings. The van der Waals surface area contributed by atoms with Gasteiger partial charge in [-0.25, -0.2) is 4.79 Å². The average molecular weight is 410 g/mol. The molecule has 3 aromatic rings. The van der Waals surface area contributed by atoms with Gasteiger partial charge in [0.25, 0.3) is 0 Å². The van der Waals surface area contributed by atoms with Crippen LogP contribution in [0.15, 0.2) is 71.6 Å². The molecule has 0 heterocycles. The zero-order valence-corrected chi connectivity index (χ0v) is 17.2. The first-order valence-electron chi connectivity index (χ1n) is 9.14. The Kier molecular flexibility index (Phi) is 6.80. The minimum Gasteiger partial charge on any atom is -0.611 e. The molecule has 150 valence electrons. The van der Waals surface area contributed by atoms with Crippen molar-refractivity contribution in [1.82, 2.24) is 0 Å². The van der Waals surface area contributed by atoms with E-state index in [1.165, 1.54) is 0 Å². The number of hydrogen-bond donors (Lipinski definition) is 2. The van der Waals surface area contributed by atoms with E-state index in [-0.39, 0.29) is 5.75 Å². The fourth-order valence-corrected chi connectivity index (χ4v) is 3.89. The number of rotatable bonds is 8. The van der Waals surface area contributed by atoms with E-state index >= 15 is 0 Å². The van der Waals surface area contributed by atoms with Crippen molar-refractivity contribution in [1.29, 1.82) is 0 Å². The number of nitrogens with one attached hydrogen (secondary N) is 1. The lowest BCUT2D eigenvalue weighted by atomic mass is 9.98. The third kappa shape index (κ3) is 5.53. The van der Waals surface area contributed by atoms with Gasteiger partial charge in [-0.05, 0) is 82.8 Å². The number of carbonyl (C=O) groups is 1. The molecule has 2 N–H and O–H groups in total. The van der Waals surface area contributed by atoms with Crippen LogP contribution >= 0.6 is 0 Å². The Morgan fingerprint density at radius 2 is 1.86 bits per heavy atom. The fourth-order valence-electron chi connectivity index (χ4n) is 3.06. The van der Waals surface area contributed by atoms with E-state index < -0.39 is 17.1 Å². The zero-order chi connectivity index (χ0) is 20.8. The average Bonchev–Trinajstić information content (AvgIpc) is 2.72. The number of benzene rings is 3. The standard InChI is InChI=1S/C23H23NO4S/c1-16-12-20(28-2)8-11-22(16)18-5-3-4-17(13-18)14-24-19-6-9-21(10-7-19)29(27)15-23(25)26/h3-13,24H,14-15H2,1-2H3,(H,25,26). The molecular formula is C23H23NO4S. The second kappa shape index (κ2) is 9.49. The normalized spacial score (nSPS) is 11.7. The molecule has 5 nitrogen and oxygen atoms in total. The van der Waals surface area contributed by atoms with Crippen LogP contribution < -0.4 is 10.1 Å². The predicted molar refractivity (Wildman–Crippen MR) is 116 cm³/mol. The summed E-state index contributed by atoms with van der Waals surface area (Å²) in [6, 6.07) is 21.4. The highest BCUT2D eigenvalue weighted by atomic mass is 32.2. The summed E-state index contributed by atoms with van der Waals surface area (Å²) in [7, 11) is 1.66. The number of carboxylic acid groups (broad SMARTS) is 1. The largest absolute Gasteiger partial charge is 0.611 e. The number of methoxy groups -OCH3 is 1. The van der Waals surface area contributed by atoms with E-state index in [9.17, 15) is 9.35 Å². The summed E-state index contributed by atoms with van der Waals surface area (Å²) in [5.41, 5.74) is 5.48. The summed E-state index contributed by atoms with van der Waals surface area (Å²) in [5, 5.41) is 12.1. The third-order valence-corrected chi connectivity index (χ3v) is 5.85. The molecule has 3 rings (SSSR count). The topological polar surface area (TPSA) is 81.6 Å². The first-order valence-corrected chi connectivity index (χ1v) is 10.5. The maximum Gasteiger partial charge on any atom is 0.354 e. The Bertz CT molecular complexity index is 988. The number of carboxylic acids is 1. The summed E-state index contributed by atoms with van der Waals surface area (Å²) in [5.74, 6) is -0.612. The van der Waals surface area contributed by atoms with Crippen LogP contribution in [0, 0.1) is 6.92 Å². The molecule has 0 radical (unpaired) electrons. The lowest BCUT2D eigenvalue weighted by Crippen LogP contribution is -2.15. The Morgan fingerprint density at radius 1 is 1.10 bits per heavy atom. The lowest BCUT2D eigenvalue weighted by molar-refractivity contribution is -0.134. The van der Waals surface area contributed by atoms with Gasteiger partial charge in [-0.15, -0.1) is 0 Å². The van der Waals surface area contributed by atoms with Crippen molar-refractivity contribution < 1.29 is 19.2 Å². The van der Waals surface area contributed by atoms with Crippen molar-refractivity contribution in [3.8, 4) is 16.9 Å². The van der Waals surface area contributed by atoms with Crippen LogP contribution in [0.3, 0.4) is 0 Å². The van der Waals surface area contributed by atoms with Gasteiger partial charge in [-0.1, -0.05) is 24.3 Å². The first kappa shape index (κ1) is 20.8. The van der Waals surface area contributed by atoms with E-state index in [1.54, 1.807) is 19.2 Å². The maximum absolute atomic E-state index is 11.9. The molecule has 0 spiro atoms. The molecular weight excluding hydrogens is 386 g/mol. The Hall–Kier alpha value is -2.96. The van der Waals surface area contributed by atoms with E-state index in [1.807, 2.05) is 30.3 Å². The third-order valence-electron chi connectivity index (χ3n) is 4.54. The van der Waals surface area contributed by atoms with Crippen LogP contribution in [-0.2, 0) is 22.5 Å². The van der Waals surface area contributed by atoms with Crippen molar-refractivity contribution in [2.75, 3.05) is 18.2 Å². The van der Waals surface area contributed by atoms with Gasteiger partial charge in [-0.3, -0.25) is 0 Å². The maximum atomic E-state index is 11.9. The van der Waals surface area contributed by atoms with Crippen LogP contribution in [0.4, 0.5) is 5.69 Å². The van der Waals surface area contributed by atoms with E-state index in [0.717, 1.165) is 33.7 Å². The zero-order valence-electron chi connectivity index (χ0n) is 16.3. The van der Waals surface area contributed by atoms with Crippen molar-refractivity contribution >= 4 is 22.8 Å². The van der Waals surface area contributed by atoms with Crippen molar-refractivity contribution in [3.05, 3.63) is 77.9 Å². The highest BCUT2D eigenvalue weighted by Gasteiger charge is 2.15. The SMILES string of the molecule is COc1ccc(-c2cccc(CNc3ccc([S+]([O-])CC(=O)O)cc3)c2)c(C)c1. The number of aryl methyl sites for hydroxylation is 1. The monoisotopic (exact) mass is 409 g/mol. The summed E-state index contributed by atoms with van der Waals surface area (Å²) in [6.45, 7) is 2.71. The van der Waals surface area contributed by atoms with Crippen molar-refractivity contribution in [2.24, 2.45) is 0 Å². The molecule has 1 atom stereocenters. The highest BCUT2D eigenvalue weighted by Crippen LogP contribution is 2.27. The molecule has 3 aromatic carbocycles. The minimum absolute atomic E-state index is 0.385. The van der Waals surface area contributed by atoms with Crippen molar-refractivity contribution in [2.45, 2.75) is 18.4 Å². The number of hydrogen-bond acceptors (Lipinski definition) is 4. The molecule has 1 unspecified atom stereocenters. The van der Waals surface area contributed by atoms with E-state index in [4.69, 9.17) is 9.84 Å². The molecule has 0 amide bonds. The number of aliphatic carboxylic acids is 1. The summed E-state index contributed by atoms with van der Waals surface area (Å²) in [4.78, 5) is 11.2. The van der Waals surface area contributed by atoms with Gasteiger partial charge in [0, 0.05) is 12.2 Å². The summed E-state index contributed by atoms with van der Waals surface area (Å²) >= 11 is -1.53. The van der Waals surface area contributed by atoms with E-state index in [2.05, 4.69) is 36.5 Å². The van der Waals surface area contributed by atoms with Gasteiger partial charge in [-0.2, -0.15) is 0 Å². The minimum atomic E-state index is -1.53. The van der Waals surface area contributed by atoms with Gasteiger partial charge in [0.05, 0.1) is 7.11 Å². The second-order valence-corrected chi connectivity index (χ2v) is 8.09. The molecule has 0 saturated carbocycles. The van der Waals surface area contributed by atoms with E-state index in [0.29, 0.717) is 11.4 Å². The molecule has 0 aliphatic heterocycles. The Labute approximate surface area is 173 Å². The predicted octanol–water partition coefficient (Wildman–Crippen LogP) is 4.47. The number of anilines is 1. The van der Waals surface area contributed by atoms with Gasteiger partial charge in [0.1, 0.15) is 5.75 Å². The number of ether oxygens (including phenoxy) is 1. The molecule has 0 aromatic heterocycles. The van der Waals surface area contributed by atoms with Crippen LogP contribution in [0.5, 0.6) is 5.75 Å². The molecule has 6 heteroatoms. The second-order valence-electron chi connectivity index (χ2n) is 6.64. The van der Waals surface area contributed by atoms with Crippen LogP contribution in [-0.4, -0.2) is 28.5 Å². The van der Waals surface area contributed by atoms with Gasteiger partial charge < -0.3 is 19.7 Å². The van der Waals surface area contributed by atoms with Crippen LogP contribution in [0.1, 0.15) is 11.1 Å². The van der Waals surface area contributed by atoms with Gasteiger partial charge in [0.15, 0.2) is 4.90 Å². The van der Waals surface area contributed by atoms with Crippen LogP contribution in [0.25, 0.3) is 11.1 Å². The molecule has 0 aliphatic carbocycles. The van der Waals surface area contributed by atoms with Gasteiger partial charge >= 0.3 is 5.97 Å². The molecule has 29 heavy (non-hydrogen) atoms. The fraction of sp³-hybridized carbons (Fsp3) is 0.174. The van der Waals surface area contributed by atoms with Crippen molar-refractivity contribution in [3.63, 3.8) is 0 Å². The van der Waals surface area contributed by atoms with Crippen LogP contribution in [0.2, 0.25) is 0 Å². The lowest BCUT2D eigenvalue weighted by Gasteiger charge is -2.12. The Balaban J connectivity index is 1.67. The highest BCUT2D eigenvalue weighted by molar-refractivity contribution is 7.92. The first-order chi connectivity index (χ1) is 14.0. The molecule has 0 saturated heterocycles. The Morgan fingerprint density at radius 3 is 2.52 bits per heavy atom. The summed E-state index contributed by atoms with van der Waals surface area (Å²) in [6.07, 6.45) is 0. The quantitative estimate of drug-likeness (QED) is 0.536.